The number of benzene rings is 1. The molecule has 1 heterocycles. The van der Waals surface area contributed by atoms with E-state index in [1.807, 2.05) is 5.32 Å². The molecule has 1 atom stereocenters. The van der Waals surface area contributed by atoms with Crippen molar-refractivity contribution in [1.29, 1.82) is 0 Å². The molecule has 6 nitrogen and oxygen atoms in total. The van der Waals surface area contributed by atoms with Crippen molar-refractivity contribution in [2.24, 2.45) is 0 Å². The van der Waals surface area contributed by atoms with Crippen LogP contribution in [0.2, 0.25) is 0 Å². The Balaban J connectivity index is 2.21. The number of aliphatic carboxylic acids is 1. The number of hydrogen-bond acceptors (Lipinski definition) is 3. The van der Waals surface area contributed by atoms with Crippen molar-refractivity contribution in [3.63, 3.8) is 0 Å². The van der Waals surface area contributed by atoms with Crippen LogP contribution in [0.4, 0.5) is 13.2 Å². The number of carboxylic acids is 1. The third-order valence-corrected chi connectivity index (χ3v) is 3.22. The zero-order chi connectivity index (χ0) is 17.9. The summed E-state index contributed by atoms with van der Waals surface area (Å²) in [6, 6.07) is 3.61. The highest BCUT2D eigenvalue weighted by molar-refractivity contribution is 5.96. The summed E-state index contributed by atoms with van der Waals surface area (Å²) < 4.78 is 39.0. The molecule has 2 aromatic rings. The van der Waals surface area contributed by atoms with E-state index in [2.05, 4.69) is 5.10 Å². The molecule has 0 fully saturated rings. The van der Waals surface area contributed by atoms with Crippen molar-refractivity contribution in [3.05, 3.63) is 47.5 Å². The zero-order valence-electron chi connectivity index (χ0n) is 12.5. The van der Waals surface area contributed by atoms with Gasteiger partial charge in [0, 0.05) is 18.2 Å². The maximum Gasteiger partial charge on any atom is 0.326 e. The van der Waals surface area contributed by atoms with Crippen molar-refractivity contribution in [3.8, 4) is 5.69 Å². The van der Waals surface area contributed by atoms with Gasteiger partial charge in [0.25, 0.3) is 5.91 Å². The van der Waals surface area contributed by atoms with Gasteiger partial charge in [-0.2, -0.15) is 5.10 Å². The Morgan fingerprint density at radius 3 is 2.46 bits per heavy atom. The predicted molar refractivity (Wildman–Crippen MR) is 77.8 cm³/mol. The van der Waals surface area contributed by atoms with E-state index in [9.17, 15) is 22.8 Å². The second-order valence-corrected chi connectivity index (χ2v) is 5.07. The maximum absolute atomic E-state index is 12.9. The Morgan fingerprint density at radius 2 is 1.92 bits per heavy atom. The van der Waals surface area contributed by atoms with Gasteiger partial charge in [0.1, 0.15) is 11.9 Å². The second kappa shape index (κ2) is 7.16. The molecule has 0 radical (unpaired) electrons. The van der Waals surface area contributed by atoms with Gasteiger partial charge in [0.2, 0.25) is 6.43 Å². The molecule has 1 amide bonds. The summed E-state index contributed by atoms with van der Waals surface area (Å²) in [5.41, 5.74) is 0.804. The number of carbonyl (C=O) groups excluding carboxylic acids is 1. The average Bonchev–Trinajstić information content (AvgIpc) is 2.88. The Bertz CT molecular complexity index is 744. The minimum atomic E-state index is -2.87. The number of nitrogens with one attached hydrogen (secondary N) is 1. The number of hydrogen-bond donors (Lipinski definition) is 2. The molecule has 0 aliphatic carbocycles. The van der Waals surface area contributed by atoms with Gasteiger partial charge in [-0.3, -0.25) is 4.79 Å². The van der Waals surface area contributed by atoms with Gasteiger partial charge in [0.05, 0.1) is 5.69 Å². The molecule has 0 bridgehead atoms. The third-order valence-electron chi connectivity index (χ3n) is 3.22. The van der Waals surface area contributed by atoms with Gasteiger partial charge in [-0.25, -0.2) is 22.6 Å². The lowest BCUT2D eigenvalue weighted by Gasteiger charge is -2.13. The van der Waals surface area contributed by atoms with Crippen LogP contribution in [0.3, 0.4) is 0 Å². The van der Waals surface area contributed by atoms with Crippen LogP contribution in [-0.4, -0.2) is 39.2 Å². The van der Waals surface area contributed by atoms with E-state index in [0.717, 1.165) is 0 Å². The van der Waals surface area contributed by atoms with Gasteiger partial charge in [0.15, 0.2) is 5.69 Å². The number of carbonyl (C=O) groups is 2. The van der Waals surface area contributed by atoms with Crippen LogP contribution in [0.15, 0.2) is 30.5 Å². The van der Waals surface area contributed by atoms with Gasteiger partial charge in [-0.1, -0.05) is 0 Å². The van der Waals surface area contributed by atoms with E-state index >= 15 is 0 Å². The Hall–Kier alpha value is -2.84. The molecule has 24 heavy (non-hydrogen) atoms. The van der Waals surface area contributed by atoms with E-state index in [1.54, 1.807) is 6.92 Å². The molecule has 0 aliphatic rings. The van der Waals surface area contributed by atoms with Crippen LogP contribution in [0.25, 0.3) is 5.69 Å². The fourth-order valence-corrected chi connectivity index (χ4v) is 2.04. The second-order valence-electron chi connectivity index (χ2n) is 5.07. The van der Waals surface area contributed by atoms with Crippen LogP contribution in [0.1, 0.15) is 22.5 Å². The van der Waals surface area contributed by atoms with Gasteiger partial charge >= 0.3 is 5.97 Å². The Kier molecular flexibility index (Phi) is 5.22. The molecule has 9 heteroatoms. The van der Waals surface area contributed by atoms with Crippen molar-refractivity contribution < 1.29 is 27.9 Å². The largest absolute Gasteiger partial charge is 0.480 e. The SMILES string of the molecule is Cc1cn(-c2ccc(F)cc2)nc1C(=O)NC(CC(F)F)C(=O)O. The predicted octanol–water partition coefficient (Wildman–Crippen LogP) is 2.16. The lowest BCUT2D eigenvalue weighted by atomic mass is 10.2. The number of nitrogens with zero attached hydrogens (tertiary/aromatic N) is 2. The molecule has 0 saturated heterocycles. The Morgan fingerprint density at radius 1 is 1.29 bits per heavy atom. The summed E-state index contributed by atoms with van der Waals surface area (Å²) in [5, 5.41) is 14.9. The number of carboxylic acid groups (broad SMARTS) is 1. The minimum Gasteiger partial charge on any atom is -0.480 e. The monoisotopic (exact) mass is 341 g/mol. The first kappa shape index (κ1) is 17.5. The van der Waals surface area contributed by atoms with E-state index in [0.29, 0.717) is 11.3 Å². The Labute approximate surface area is 134 Å². The summed E-state index contributed by atoms with van der Waals surface area (Å²) in [7, 11) is 0. The van der Waals surface area contributed by atoms with Crippen LogP contribution in [0, 0.1) is 12.7 Å². The first-order valence-electron chi connectivity index (χ1n) is 6.92. The standard InChI is InChI=1S/C15H14F3N3O3/c1-8-7-21(10-4-2-9(16)3-5-10)20-13(8)14(22)19-11(15(23)24)6-12(17)18/h2-5,7,11-12H,6H2,1H3,(H,19,22)(H,23,24). The highest BCUT2D eigenvalue weighted by Gasteiger charge is 2.26. The number of rotatable bonds is 6. The molecule has 1 aromatic carbocycles. The number of aryl methyl sites for hydroxylation is 1. The molecule has 0 saturated carbocycles. The molecular weight excluding hydrogens is 327 g/mol. The highest BCUT2D eigenvalue weighted by Crippen LogP contribution is 2.13. The lowest BCUT2D eigenvalue weighted by molar-refractivity contribution is -0.140. The van der Waals surface area contributed by atoms with Crippen LogP contribution in [-0.2, 0) is 4.79 Å². The van der Waals surface area contributed by atoms with Crippen LogP contribution < -0.4 is 5.32 Å². The molecule has 2 N–H and O–H groups in total. The van der Waals surface area contributed by atoms with E-state index in [-0.39, 0.29) is 5.69 Å². The van der Waals surface area contributed by atoms with Crippen molar-refractivity contribution >= 4 is 11.9 Å². The summed E-state index contributed by atoms with van der Waals surface area (Å²) in [6.07, 6.45) is -2.38. The number of alkyl halides is 2. The zero-order valence-corrected chi connectivity index (χ0v) is 12.5. The molecule has 0 aliphatic heterocycles. The number of aromatic nitrogens is 2. The highest BCUT2D eigenvalue weighted by atomic mass is 19.3. The van der Waals surface area contributed by atoms with E-state index < -0.39 is 36.6 Å². The van der Waals surface area contributed by atoms with Gasteiger partial charge in [-0.05, 0) is 31.2 Å². The van der Waals surface area contributed by atoms with E-state index in [1.165, 1.54) is 35.1 Å². The van der Waals surface area contributed by atoms with Crippen molar-refractivity contribution in [1.82, 2.24) is 15.1 Å². The summed E-state index contributed by atoms with van der Waals surface area (Å²) in [6.45, 7) is 1.56. The molecule has 128 valence electrons. The third kappa shape index (κ3) is 4.12. The smallest absolute Gasteiger partial charge is 0.326 e. The molecule has 1 unspecified atom stereocenters. The number of amides is 1. The average molecular weight is 341 g/mol. The summed E-state index contributed by atoms with van der Waals surface area (Å²) in [4.78, 5) is 23.0. The first-order valence-corrected chi connectivity index (χ1v) is 6.92. The first-order chi connectivity index (χ1) is 11.3. The van der Waals surface area contributed by atoms with Crippen molar-refractivity contribution in [2.75, 3.05) is 0 Å². The maximum atomic E-state index is 12.9. The van der Waals surface area contributed by atoms with Gasteiger partial charge < -0.3 is 10.4 Å². The molecule has 1 aromatic heterocycles. The summed E-state index contributed by atoms with van der Waals surface area (Å²) >= 11 is 0. The van der Waals surface area contributed by atoms with E-state index in [4.69, 9.17) is 5.11 Å². The fraction of sp³-hybridized carbons (Fsp3) is 0.267. The normalized spacial score (nSPS) is 12.2. The summed E-state index contributed by atoms with van der Waals surface area (Å²) in [5.74, 6) is -2.86. The molecular formula is C15H14F3N3O3. The fourth-order valence-electron chi connectivity index (χ4n) is 2.04. The van der Waals surface area contributed by atoms with Crippen molar-refractivity contribution in [2.45, 2.75) is 25.8 Å². The molecule has 2 rings (SSSR count). The quantitative estimate of drug-likeness (QED) is 0.843. The number of halogens is 3. The minimum absolute atomic E-state index is 0.0974. The van der Waals surface area contributed by atoms with Crippen LogP contribution in [0.5, 0.6) is 0 Å². The topological polar surface area (TPSA) is 84.2 Å². The van der Waals surface area contributed by atoms with Crippen LogP contribution >= 0.6 is 0 Å². The lowest BCUT2D eigenvalue weighted by Crippen LogP contribution is -2.42. The van der Waals surface area contributed by atoms with Gasteiger partial charge in [-0.15, -0.1) is 0 Å². The molecule has 0 spiro atoms.